The Morgan fingerprint density at radius 2 is 2.25 bits per heavy atom. The van der Waals surface area contributed by atoms with E-state index < -0.39 is 0 Å². The van der Waals surface area contributed by atoms with Gasteiger partial charge in [-0.1, -0.05) is 19.8 Å². The van der Waals surface area contributed by atoms with Crippen molar-refractivity contribution in [2.24, 2.45) is 5.92 Å². The van der Waals surface area contributed by atoms with Gasteiger partial charge in [-0.2, -0.15) is 0 Å². The molecule has 0 aromatic carbocycles. The van der Waals surface area contributed by atoms with Gasteiger partial charge >= 0.3 is 0 Å². The number of likely N-dealkylation sites (tertiary alicyclic amines) is 1. The quantitative estimate of drug-likeness (QED) is 0.918. The standard InChI is InChI=1S/C16H25N3O/c1-3-5-13-6-4-10-19(11-9-13)16(20)14-7-8-15(17-2)18-12-14/h7-8,12-13H,3-6,9-11H2,1-2H3,(H,17,18). The first kappa shape index (κ1) is 14.8. The van der Waals surface area contributed by atoms with Gasteiger partial charge in [-0.3, -0.25) is 4.79 Å². The smallest absolute Gasteiger partial charge is 0.255 e. The fourth-order valence-electron chi connectivity index (χ4n) is 2.92. The van der Waals surface area contributed by atoms with Crippen molar-refractivity contribution < 1.29 is 4.79 Å². The maximum atomic E-state index is 12.5. The van der Waals surface area contributed by atoms with Crippen molar-refractivity contribution in [3.63, 3.8) is 0 Å². The molecule has 1 fully saturated rings. The third kappa shape index (κ3) is 3.71. The van der Waals surface area contributed by atoms with Gasteiger partial charge in [0.1, 0.15) is 5.82 Å². The molecule has 0 saturated carbocycles. The number of rotatable bonds is 4. The van der Waals surface area contributed by atoms with Gasteiger partial charge in [-0.25, -0.2) is 4.98 Å². The fraction of sp³-hybridized carbons (Fsp3) is 0.625. The maximum absolute atomic E-state index is 12.5. The van der Waals surface area contributed by atoms with Gasteiger partial charge in [-0.05, 0) is 37.3 Å². The molecular formula is C16H25N3O. The third-order valence-corrected chi connectivity index (χ3v) is 4.10. The van der Waals surface area contributed by atoms with Crippen LogP contribution < -0.4 is 5.32 Å². The van der Waals surface area contributed by atoms with Crippen LogP contribution in [0.15, 0.2) is 18.3 Å². The molecule has 1 atom stereocenters. The van der Waals surface area contributed by atoms with Crippen LogP contribution in [0.5, 0.6) is 0 Å². The molecule has 0 radical (unpaired) electrons. The van der Waals surface area contributed by atoms with Gasteiger partial charge in [0.25, 0.3) is 5.91 Å². The van der Waals surface area contributed by atoms with Crippen molar-refractivity contribution >= 4 is 11.7 Å². The van der Waals surface area contributed by atoms with E-state index in [1.807, 2.05) is 24.1 Å². The Hall–Kier alpha value is -1.58. The number of nitrogens with one attached hydrogen (secondary N) is 1. The zero-order valence-electron chi connectivity index (χ0n) is 12.6. The molecule has 2 rings (SSSR count). The van der Waals surface area contributed by atoms with E-state index in [0.29, 0.717) is 5.56 Å². The Labute approximate surface area is 121 Å². The van der Waals surface area contributed by atoms with Crippen LogP contribution in [0.2, 0.25) is 0 Å². The van der Waals surface area contributed by atoms with Crippen molar-refractivity contribution in [2.45, 2.75) is 39.0 Å². The van der Waals surface area contributed by atoms with E-state index in [-0.39, 0.29) is 5.91 Å². The predicted molar refractivity (Wildman–Crippen MR) is 81.9 cm³/mol. The molecule has 1 unspecified atom stereocenters. The normalized spacial score (nSPS) is 19.5. The Bertz CT molecular complexity index is 430. The molecule has 1 aromatic heterocycles. The zero-order chi connectivity index (χ0) is 14.4. The van der Waals surface area contributed by atoms with Gasteiger partial charge in [0.2, 0.25) is 0 Å². The highest BCUT2D eigenvalue weighted by Gasteiger charge is 2.21. The lowest BCUT2D eigenvalue weighted by Crippen LogP contribution is -2.32. The number of amides is 1. The van der Waals surface area contributed by atoms with Crippen molar-refractivity contribution in [1.82, 2.24) is 9.88 Å². The number of anilines is 1. The zero-order valence-corrected chi connectivity index (χ0v) is 12.6. The first-order chi connectivity index (χ1) is 9.74. The van der Waals surface area contributed by atoms with Crippen LogP contribution in [0.4, 0.5) is 5.82 Å². The lowest BCUT2D eigenvalue weighted by atomic mass is 9.96. The predicted octanol–water partition coefficient (Wildman–Crippen LogP) is 3.17. The highest BCUT2D eigenvalue weighted by molar-refractivity contribution is 5.94. The van der Waals surface area contributed by atoms with Gasteiger partial charge in [-0.15, -0.1) is 0 Å². The second-order valence-electron chi connectivity index (χ2n) is 5.56. The minimum atomic E-state index is 0.123. The van der Waals surface area contributed by atoms with Gasteiger partial charge in [0, 0.05) is 26.3 Å². The Balaban J connectivity index is 1.97. The molecule has 0 aliphatic carbocycles. The fourth-order valence-corrected chi connectivity index (χ4v) is 2.92. The van der Waals surface area contributed by atoms with Crippen molar-refractivity contribution in [3.05, 3.63) is 23.9 Å². The maximum Gasteiger partial charge on any atom is 0.255 e. The third-order valence-electron chi connectivity index (χ3n) is 4.10. The monoisotopic (exact) mass is 275 g/mol. The van der Waals surface area contributed by atoms with Gasteiger partial charge in [0.05, 0.1) is 5.56 Å². The number of carbonyl (C=O) groups excluding carboxylic acids is 1. The summed E-state index contributed by atoms with van der Waals surface area (Å²) in [4.78, 5) is 18.7. The molecule has 110 valence electrons. The minimum Gasteiger partial charge on any atom is -0.373 e. The van der Waals surface area contributed by atoms with E-state index in [1.54, 1.807) is 6.20 Å². The Morgan fingerprint density at radius 3 is 2.90 bits per heavy atom. The van der Waals surface area contributed by atoms with Crippen molar-refractivity contribution in [1.29, 1.82) is 0 Å². The first-order valence-corrected chi connectivity index (χ1v) is 7.67. The molecule has 4 heteroatoms. The highest BCUT2D eigenvalue weighted by atomic mass is 16.2. The first-order valence-electron chi connectivity index (χ1n) is 7.67. The summed E-state index contributed by atoms with van der Waals surface area (Å²) in [7, 11) is 1.83. The SMILES string of the molecule is CCCC1CCCN(C(=O)c2ccc(NC)nc2)CC1. The Kier molecular flexibility index (Phi) is 5.39. The molecule has 20 heavy (non-hydrogen) atoms. The topological polar surface area (TPSA) is 45.2 Å². The van der Waals surface area contributed by atoms with E-state index in [4.69, 9.17) is 0 Å². The summed E-state index contributed by atoms with van der Waals surface area (Å²) >= 11 is 0. The van der Waals surface area contributed by atoms with Crippen LogP contribution in [0, 0.1) is 5.92 Å². The molecule has 2 heterocycles. The molecule has 0 spiro atoms. The van der Waals surface area contributed by atoms with Crippen molar-refractivity contribution in [3.8, 4) is 0 Å². The van der Waals surface area contributed by atoms with Gasteiger partial charge in [0.15, 0.2) is 0 Å². The summed E-state index contributed by atoms with van der Waals surface area (Å²) in [6.07, 6.45) is 7.73. The number of hydrogen-bond acceptors (Lipinski definition) is 3. The van der Waals surface area contributed by atoms with Crippen LogP contribution in [-0.4, -0.2) is 35.9 Å². The molecular weight excluding hydrogens is 250 g/mol. The summed E-state index contributed by atoms with van der Waals surface area (Å²) in [6.45, 7) is 4.01. The minimum absolute atomic E-state index is 0.123. The van der Waals surface area contributed by atoms with Gasteiger partial charge < -0.3 is 10.2 Å². The molecule has 1 amide bonds. The number of carbonyl (C=O) groups is 1. The van der Waals surface area contributed by atoms with Crippen LogP contribution in [0.25, 0.3) is 0 Å². The summed E-state index contributed by atoms with van der Waals surface area (Å²) in [5, 5.41) is 2.97. The number of hydrogen-bond donors (Lipinski definition) is 1. The summed E-state index contributed by atoms with van der Waals surface area (Å²) in [6, 6.07) is 3.71. The summed E-state index contributed by atoms with van der Waals surface area (Å²) < 4.78 is 0. The van der Waals surface area contributed by atoms with Crippen LogP contribution in [0.1, 0.15) is 49.4 Å². The highest BCUT2D eigenvalue weighted by Crippen LogP contribution is 2.22. The summed E-state index contributed by atoms with van der Waals surface area (Å²) in [5.74, 6) is 1.71. The lowest BCUT2D eigenvalue weighted by molar-refractivity contribution is 0.0759. The molecule has 1 N–H and O–H groups in total. The molecule has 1 aromatic rings. The molecule has 1 aliphatic heterocycles. The largest absolute Gasteiger partial charge is 0.373 e. The van der Waals surface area contributed by atoms with E-state index in [1.165, 1.54) is 19.3 Å². The number of nitrogens with zero attached hydrogens (tertiary/aromatic N) is 2. The van der Waals surface area contributed by atoms with E-state index in [2.05, 4.69) is 17.2 Å². The Morgan fingerprint density at radius 1 is 1.40 bits per heavy atom. The van der Waals surface area contributed by atoms with E-state index in [0.717, 1.165) is 37.7 Å². The van der Waals surface area contributed by atoms with E-state index in [9.17, 15) is 4.79 Å². The molecule has 1 saturated heterocycles. The second kappa shape index (κ2) is 7.27. The van der Waals surface area contributed by atoms with Crippen molar-refractivity contribution in [2.75, 3.05) is 25.5 Å². The average Bonchev–Trinajstić information content (AvgIpc) is 2.73. The molecule has 1 aliphatic rings. The van der Waals surface area contributed by atoms with Crippen LogP contribution in [-0.2, 0) is 0 Å². The lowest BCUT2D eigenvalue weighted by Gasteiger charge is -2.20. The molecule has 0 bridgehead atoms. The number of aromatic nitrogens is 1. The van der Waals surface area contributed by atoms with Crippen LogP contribution in [0.3, 0.4) is 0 Å². The van der Waals surface area contributed by atoms with E-state index >= 15 is 0 Å². The summed E-state index contributed by atoms with van der Waals surface area (Å²) in [5.41, 5.74) is 0.693. The number of pyridine rings is 1. The van der Waals surface area contributed by atoms with Crippen LogP contribution >= 0.6 is 0 Å². The molecule has 4 nitrogen and oxygen atoms in total. The average molecular weight is 275 g/mol. The second-order valence-corrected chi connectivity index (χ2v) is 5.56.